The van der Waals surface area contributed by atoms with Gasteiger partial charge < -0.3 is 0 Å². The highest BCUT2D eigenvalue weighted by atomic mass is 19.3. The fourth-order valence-corrected chi connectivity index (χ4v) is 0.880. The lowest BCUT2D eigenvalue weighted by molar-refractivity contribution is -0.166. The van der Waals surface area contributed by atoms with Crippen LogP contribution in [-0.2, 0) is 18.3 Å². The van der Waals surface area contributed by atoms with Crippen LogP contribution in [0.15, 0.2) is 6.20 Å². The molecule has 0 saturated carbocycles. The molecule has 1 rings (SSSR count). The molecular formula is C7H7F4N3O. The van der Waals surface area contributed by atoms with Gasteiger partial charge in [0.15, 0.2) is 0 Å². The van der Waals surface area contributed by atoms with Gasteiger partial charge in [-0.25, -0.2) is 8.78 Å². The van der Waals surface area contributed by atoms with E-state index in [9.17, 15) is 22.4 Å². The topological polar surface area (TPSA) is 47.8 Å². The molecule has 15 heavy (non-hydrogen) atoms. The molecule has 8 heteroatoms. The maximum Gasteiger partial charge on any atom is 0.364 e. The first-order valence-corrected chi connectivity index (χ1v) is 3.88. The zero-order valence-corrected chi connectivity index (χ0v) is 7.62. The molecule has 4 nitrogen and oxygen atoms in total. The number of aryl methyl sites for hydroxylation is 1. The minimum Gasteiger partial charge on any atom is -0.292 e. The Morgan fingerprint density at radius 3 is 2.60 bits per heavy atom. The average molecular weight is 225 g/mol. The first-order chi connectivity index (χ1) is 6.84. The molecular weight excluding hydrogens is 218 g/mol. The number of Topliss-reactive ketones (excluding diaryl/α,β-unsaturated/α-hetero) is 1. The maximum atomic E-state index is 12.5. The van der Waals surface area contributed by atoms with Crippen molar-refractivity contribution >= 4 is 5.78 Å². The normalized spacial score (nSPS) is 12.1. The first kappa shape index (κ1) is 11.6. The van der Waals surface area contributed by atoms with Gasteiger partial charge in [0.25, 0.3) is 0 Å². The molecule has 1 aromatic heterocycles. The predicted octanol–water partition coefficient (Wildman–Crippen LogP) is 0.827. The SMILES string of the molecule is Cn1cc(CC(=O)C(F)(F)C(F)F)nn1. The molecule has 0 aliphatic rings. The molecule has 1 heterocycles. The highest BCUT2D eigenvalue weighted by Gasteiger charge is 2.48. The molecule has 1 aromatic rings. The highest BCUT2D eigenvalue weighted by molar-refractivity contribution is 5.87. The monoisotopic (exact) mass is 225 g/mol. The standard InChI is InChI=1S/C7H7F4N3O/c1-14-3-4(12-13-14)2-5(15)7(10,11)6(8)9/h3,6H,2H2,1H3. The van der Waals surface area contributed by atoms with E-state index in [0.29, 0.717) is 0 Å². The van der Waals surface area contributed by atoms with Gasteiger partial charge in [0.2, 0.25) is 5.78 Å². The average Bonchev–Trinajstić information content (AvgIpc) is 2.50. The van der Waals surface area contributed by atoms with E-state index in [1.165, 1.54) is 17.9 Å². The van der Waals surface area contributed by atoms with Crippen LogP contribution < -0.4 is 0 Å². The van der Waals surface area contributed by atoms with Gasteiger partial charge in [-0.2, -0.15) is 8.78 Å². The van der Waals surface area contributed by atoms with E-state index in [0.717, 1.165) is 0 Å². The molecule has 0 N–H and O–H groups in total. The Bertz CT molecular complexity index is 363. The van der Waals surface area contributed by atoms with Crippen LogP contribution in [-0.4, -0.2) is 33.1 Å². The third kappa shape index (κ3) is 2.51. The van der Waals surface area contributed by atoms with Crippen LogP contribution in [0.2, 0.25) is 0 Å². The van der Waals surface area contributed by atoms with Gasteiger partial charge in [0.05, 0.1) is 12.1 Å². The second-order valence-corrected chi connectivity index (χ2v) is 2.91. The molecule has 0 atom stereocenters. The summed E-state index contributed by atoms with van der Waals surface area (Å²) in [7, 11) is 1.46. The second kappa shape index (κ2) is 3.95. The Morgan fingerprint density at radius 1 is 1.60 bits per heavy atom. The van der Waals surface area contributed by atoms with E-state index >= 15 is 0 Å². The Kier molecular flexibility index (Phi) is 3.06. The van der Waals surface area contributed by atoms with Crippen LogP contribution in [0.5, 0.6) is 0 Å². The number of alkyl halides is 4. The largest absolute Gasteiger partial charge is 0.364 e. The van der Waals surface area contributed by atoms with Crippen LogP contribution in [0, 0.1) is 0 Å². The summed E-state index contributed by atoms with van der Waals surface area (Å²) in [4.78, 5) is 10.8. The molecule has 0 aliphatic carbocycles. The highest BCUT2D eigenvalue weighted by Crippen LogP contribution is 2.24. The number of aromatic nitrogens is 3. The fraction of sp³-hybridized carbons (Fsp3) is 0.571. The van der Waals surface area contributed by atoms with Gasteiger partial charge in [0, 0.05) is 13.2 Å². The van der Waals surface area contributed by atoms with Gasteiger partial charge in [-0.1, -0.05) is 5.21 Å². The van der Waals surface area contributed by atoms with E-state index in [1.807, 2.05) is 0 Å². The number of halogens is 4. The fourth-order valence-electron chi connectivity index (χ4n) is 0.880. The van der Waals surface area contributed by atoms with Crippen LogP contribution in [0.25, 0.3) is 0 Å². The molecule has 0 saturated heterocycles. The summed E-state index contributed by atoms with van der Waals surface area (Å²) in [6.45, 7) is 0. The molecule has 0 aliphatic heterocycles. The summed E-state index contributed by atoms with van der Waals surface area (Å²) in [5.74, 6) is -6.49. The number of carbonyl (C=O) groups excluding carboxylic acids is 1. The van der Waals surface area contributed by atoms with Gasteiger partial charge in [-0.05, 0) is 0 Å². The van der Waals surface area contributed by atoms with Crippen molar-refractivity contribution in [2.24, 2.45) is 7.05 Å². The lowest BCUT2D eigenvalue weighted by Crippen LogP contribution is -2.37. The van der Waals surface area contributed by atoms with Crippen molar-refractivity contribution in [3.05, 3.63) is 11.9 Å². The van der Waals surface area contributed by atoms with Crippen molar-refractivity contribution in [1.29, 1.82) is 0 Å². The van der Waals surface area contributed by atoms with Crippen LogP contribution >= 0.6 is 0 Å². The Balaban J connectivity index is 2.71. The minimum atomic E-state index is -4.63. The molecule has 84 valence electrons. The molecule has 0 unspecified atom stereocenters. The van der Waals surface area contributed by atoms with Crippen molar-refractivity contribution in [3.8, 4) is 0 Å². The lowest BCUT2D eigenvalue weighted by atomic mass is 10.1. The Labute approximate surface area is 81.9 Å². The minimum absolute atomic E-state index is 0.0668. The molecule has 0 radical (unpaired) electrons. The summed E-state index contributed by atoms with van der Waals surface area (Å²) in [5, 5.41) is 6.72. The molecule has 0 bridgehead atoms. The number of rotatable bonds is 4. The number of carbonyl (C=O) groups is 1. The summed E-state index contributed by atoms with van der Waals surface area (Å²) >= 11 is 0. The van der Waals surface area contributed by atoms with Gasteiger partial charge in [-0.3, -0.25) is 9.48 Å². The van der Waals surface area contributed by atoms with E-state index < -0.39 is 24.6 Å². The Hall–Kier alpha value is -1.47. The third-order valence-corrected chi connectivity index (χ3v) is 1.64. The van der Waals surface area contributed by atoms with Crippen LogP contribution in [0.3, 0.4) is 0 Å². The number of nitrogens with zero attached hydrogens (tertiary/aromatic N) is 3. The third-order valence-electron chi connectivity index (χ3n) is 1.64. The van der Waals surface area contributed by atoms with E-state index in [1.54, 1.807) is 0 Å². The van der Waals surface area contributed by atoms with Crippen molar-refractivity contribution in [2.45, 2.75) is 18.8 Å². The zero-order chi connectivity index (χ0) is 11.6. The maximum absolute atomic E-state index is 12.5. The summed E-state index contributed by atoms with van der Waals surface area (Å²) in [6.07, 6.45) is -3.65. The van der Waals surface area contributed by atoms with Gasteiger partial charge >= 0.3 is 12.3 Å². The molecule has 0 amide bonds. The zero-order valence-electron chi connectivity index (χ0n) is 7.62. The lowest BCUT2D eigenvalue weighted by Gasteiger charge is -2.12. The summed E-state index contributed by atoms with van der Waals surface area (Å²) < 4.78 is 49.7. The molecule has 0 spiro atoms. The molecule has 0 aromatic carbocycles. The summed E-state index contributed by atoms with van der Waals surface area (Å²) in [5.41, 5.74) is -0.0668. The van der Waals surface area contributed by atoms with Crippen LogP contribution in [0.4, 0.5) is 17.6 Å². The smallest absolute Gasteiger partial charge is 0.292 e. The van der Waals surface area contributed by atoms with Crippen molar-refractivity contribution in [3.63, 3.8) is 0 Å². The van der Waals surface area contributed by atoms with Gasteiger partial charge in [-0.15, -0.1) is 5.10 Å². The van der Waals surface area contributed by atoms with Gasteiger partial charge in [0.1, 0.15) is 0 Å². The number of ketones is 1. The van der Waals surface area contributed by atoms with Crippen molar-refractivity contribution in [2.75, 3.05) is 0 Å². The summed E-state index contributed by atoms with van der Waals surface area (Å²) in [6, 6.07) is 0. The second-order valence-electron chi connectivity index (χ2n) is 2.91. The van der Waals surface area contributed by atoms with Crippen LogP contribution in [0.1, 0.15) is 5.69 Å². The molecule has 0 fully saturated rings. The number of hydrogen-bond acceptors (Lipinski definition) is 3. The van der Waals surface area contributed by atoms with E-state index in [2.05, 4.69) is 10.3 Å². The quantitative estimate of drug-likeness (QED) is 0.713. The predicted molar refractivity (Wildman–Crippen MR) is 40.7 cm³/mol. The van der Waals surface area contributed by atoms with E-state index in [4.69, 9.17) is 0 Å². The Morgan fingerprint density at radius 2 is 2.20 bits per heavy atom. The van der Waals surface area contributed by atoms with E-state index in [-0.39, 0.29) is 5.69 Å². The number of hydrogen-bond donors (Lipinski definition) is 0. The first-order valence-electron chi connectivity index (χ1n) is 3.88. The van der Waals surface area contributed by atoms with Crippen molar-refractivity contribution < 1.29 is 22.4 Å². The van der Waals surface area contributed by atoms with Crippen molar-refractivity contribution in [1.82, 2.24) is 15.0 Å².